The van der Waals surface area contributed by atoms with Crippen molar-refractivity contribution in [2.45, 2.75) is 74.6 Å². The van der Waals surface area contributed by atoms with E-state index in [1.807, 2.05) is 6.07 Å². The minimum absolute atomic E-state index is 0.131. The number of nitrogens with one attached hydrogen (secondary N) is 2. The number of pyridine rings is 1. The molecule has 2 heterocycles. The monoisotopic (exact) mass is 573 g/mol. The molecule has 2 radical (unpaired) electrons. The van der Waals surface area contributed by atoms with Gasteiger partial charge in [0.2, 0.25) is 0 Å². The van der Waals surface area contributed by atoms with Crippen molar-refractivity contribution in [2.24, 2.45) is 0 Å². The van der Waals surface area contributed by atoms with Gasteiger partial charge in [-0.25, -0.2) is 0 Å². The zero-order valence-corrected chi connectivity index (χ0v) is 22.3. The molecule has 1 aliphatic rings. The molecule has 0 spiro atoms. The zero-order valence-electron chi connectivity index (χ0n) is 19.4. The number of hydrogen-bond acceptors (Lipinski definition) is 5. The molecule has 1 unspecified atom stereocenters. The molecule has 3 rings (SSSR count). The Balaban J connectivity index is 1.80. The summed E-state index contributed by atoms with van der Waals surface area (Å²) in [5.41, 5.74) is -0.321. The van der Waals surface area contributed by atoms with Crippen molar-refractivity contribution in [2.75, 3.05) is 11.9 Å². The molecular weight excluding hydrogens is 542 g/mol. The van der Waals surface area contributed by atoms with Crippen LogP contribution < -0.4 is 14.3 Å². The maximum absolute atomic E-state index is 14.1. The second-order valence-electron chi connectivity index (χ2n) is 10.1. The fraction of sp³-hybridized carbons (Fsp3) is 0.591. The molecule has 0 saturated heterocycles. The first kappa shape index (κ1) is 25.8. The summed E-state index contributed by atoms with van der Waals surface area (Å²) < 4.78 is 43.1. The van der Waals surface area contributed by atoms with Crippen LogP contribution in [0.25, 0.3) is 0 Å². The van der Waals surface area contributed by atoms with Crippen LogP contribution in [0, 0.1) is 0 Å². The number of aliphatic hydroxyl groups is 1. The molecule has 2 aromatic rings. The van der Waals surface area contributed by atoms with Crippen LogP contribution in [0.4, 0.5) is 24.5 Å². The van der Waals surface area contributed by atoms with E-state index in [2.05, 4.69) is 41.5 Å². The van der Waals surface area contributed by atoms with Gasteiger partial charge in [0.25, 0.3) is 0 Å². The van der Waals surface area contributed by atoms with E-state index in [1.165, 1.54) is 30.9 Å². The number of aromatic nitrogens is 3. The summed E-state index contributed by atoms with van der Waals surface area (Å²) in [5, 5.41) is 19.6. The van der Waals surface area contributed by atoms with Crippen LogP contribution in [0.3, 0.4) is 0 Å². The van der Waals surface area contributed by atoms with Gasteiger partial charge < -0.3 is 0 Å². The Labute approximate surface area is 201 Å². The first-order valence-corrected chi connectivity index (χ1v) is 13.6. The molecule has 3 N–H and O–H groups in total. The molecule has 1 fully saturated rings. The van der Waals surface area contributed by atoms with Crippen LogP contribution in [0.5, 0.6) is 0 Å². The molecule has 1 aliphatic carbocycles. The standard InChI is InChI=1S/C18H21F3N5O2.C4H9.Sn/c1-17(2,28)15(19)9-23-16(27)13-8-22-4-3-14(13)25-11-7-24-26(10-11)12-5-18(20,21)6-12;1-4(2)3;/h3,7-8,10,12,15,28H,5-6,9H2,1-2H3,(H,22,25)(H,23,27);1-3H3;. The number of carbonyl (C=O) groups is 1. The Hall–Kier alpha value is -1.82. The van der Waals surface area contributed by atoms with Gasteiger partial charge in [-0.15, -0.1) is 0 Å². The van der Waals surface area contributed by atoms with Gasteiger partial charge >= 0.3 is 202 Å². The van der Waals surface area contributed by atoms with Crippen LogP contribution in [0.15, 0.2) is 24.7 Å². The third-order valence-electron chi connectivity index (χ3n) is 5.18. The Morgan fingerprint density at radius 1 is 1.30 bits per heavy atom. The molecule has 1 saturated carbocycles. The van der Waals surface area contributed by atoms with Gasteiger partial charge in [-0.1, -0.05) is 0 Å². The van der Waals surface area contributed by atoms with Crippen molar-refractivity contribution in [1.82, 2.24) is 20.1 Å². The Kier molecular flexibility index (Phi) is 7.38. The van der Waals surface area contributed by atoms with E-state index >= 15 is 0 Å². The second kappa shape index (κ2) is 9.44. The molecule has 180 valence electrons. The number of halogens is 3. The van der Waals surface area contributed by atoms with Crippen molar-refractivity contribution in [3.8, 4) is 0 Å². The van der Waals surface area contributed by atoms with Gasteiger partial charge in [0.05, 0.1) is 0 Å². The summed E-state index contributed by atoms with van der Waals surface area (Å²) in [4.78, 5) is 17.3. The SMILES string of the molecule is C[C](C)(C)[Sn][c]1cc(Nc2cnn(C3CC(F)(F)C3)c2)c(C(=O)NCC(F)C(C)(C)O)cn1. The van der Waals surface area contributed by atoms with Crippen molar-refractivity contribution in [3.63, 3.8) is 0 Å². The molecule has 2 aromatic heterocycles. The molecule has 1 amide bonds. The summed E-state index contributed by atoms with van der Waals surface area (Å²) in [7, 11) is 0. The summed E-state index contributed by atoms with van der Waals surface area (Å²) in [6, 6.07) is 1.47. The molecule has 33 heavy (non-hydrogen) atoms. The van der Waals surface area contributed by atoms with Crippen LogP contribution >= 0.6 is 0 Å². The minimum atomic E-state index is -2.65. The third kappa shape index (κ3) is 7.08. The van der Waals surface area contributed by atoms with Gasteiger partial charge in [0, 0.05) is 0 Å². The van der Waals surface area contributed by atoms with E-state index in [9.17, 15) is 23.1 Å². The summed E-state index contributed by atoms with van der Waals surface area (Å²) in [5.74, 6) is -3.18. The van der Waals surface area contributed by atoms with Gasteiger partial charge in [-0.2, -0.15) is 0 Å². The zero-order chi connectivity index (χ0) is 24.6. The molecule has 1 atom stereocenters. The van der Waals surface area contributed by atoms with Crippen LogP contribution in [0.1, 0.15) is 63.9 Å². The maximum atomic E-state index is 14.1. The number of hydrogen-bond donors (Lipinski definition) is 3. The van der Waals surface area contributed by atoms with E-state index in [-0.39, 0.29) is 34.4 Å². The Bertz CT molecular complexity index is 993. The molecule has 7 nitrogen and oxygen atoms in total. The summed E-state index contributed by atoms with van der Waals surface area (Å²) >= 11 is -1.08. The van der Waals surface area contributed by atoms with Crippen LogP contribution in [0.2, 0.25) is 3.43 Å². The quantitative estimate of drug-likeness (QED) is 0.423. The van der Waals surface area contributed by atoms with E-state index in [0.717, 1.165) is 3.71 Å². The predicted octanol–water partition coefficient (Wildman–Crippen LogP) is 3.38. The average molecular weight is 572 g/mol. The number of nitrogens with zero attached hydrogens (tertiary/aromatic N) is 3. The number of amides is 1. The topological polar surface area (TPSA) is 92.1 Å². The second-order valence-corrected chi connectivity index (χ2v) is 16.5. The average Bonchev–Trinajstić information content (AvgIpc) is 3.10. The summed E-state index contributed by atoms with van der Waals surface area (Å²) in [6.45, 7) is 8.75. The number of anilines is 2. The number of alkyl halides is 3. The molecule has 0 bridgehead atoms. The van der Waals surface area contributed by atoms with Crippen molar-refractivity contribution >= 4 is 42.1 Å². The van der Waals surface area contributed by atoms with Crippen LogP contribution in [-0.4, -0.2) is 71.2 Å². The Morgan fingerprint density at radius 3 is 2.55 bits per heavy atom. The summed E-state index contributed by atoms with van der Waals surface area (Å²) in [6.07, 6.45) is 2.49. The first-order valence-electron chi connectivity index (χ1n) is 10.7. The van der Waals surface area contributed by atoms with Crippen molar-refractivity contribution in [3.05, 3.63) is 30.2 Å². The van der Waals surface area contributed by atoms with Gasteiger partial charge in [-0.05, 0) is 0 Å². The fourth-order valence-electron chi connectivity index (χ4n) is 3.29. The van der Waals surface area contributed by atoms with Crippen LogP contribution in [-0.2, 0) is 0 Å². The van der Waals surface area contributed by atoms with E-state index in [0.29, 0.717) is 11.4 Å². The molecular formula is C22H30F3N5O2Sn. The van der Waals surface area contributed by atoms with Gasteiger partial charge in [0.15, 0.2) is 0 Å². The number of rotatable bonds is 8. The molecule has 11 heteroatoms. The van der Waals surface area contributed by atoms with E-state index in [1.54, 1.807) is 6.20 Å². The first-order chi connectivity index (χ1) is 15.1. The van der Waals surface area contributed by atoms with Crippen molar-refractivity contribution < 1.29 is 23.1 Å². The Morgan fingerprint density at radius 2 is 1.97 bits per heavy atom. The fourth-order valence-corrected chi connectivity index (χ4v) is 6.47. The van der Waals surface area contributed by atoms with E-state index < -0.39 is 44.7 Å². The number of carbonyl (C=O) groups excluding carboxylic acids is 1. The predicted molar refractivity (Wildman–Crippen MR) is 122 cm³/mol. The van der Waals surface area contributed by atoms with Crippen molar-refractivity contribution in [1.29, 1.82) is 0 Å². The molecule has 0 aromatic carbocycles. The van der Waals surface area contributed by atoms with Gasteiger partial charge in [0.1, 0.15) is 0 Å². The van der Waals surface area contributed by atoms with E-state index in [4.69, 9.17) is 0 Å². The third-order valence-corrected chi connectivity index (χ3v) is 8.84. The normalized spacial score (nSPS) is 17.4. The van der Waals surface area contributed by atoms with Gasteiger partial charge in [-0.3, -0.25) is 0 Å². The molecule has 0 aliphatic heterocycles.